The molecule has 1 aromatic carbocycles. The van der Waals surface area contributed by atoms with Crippen LogP contribution in [-0.4, -0.2) is 60.6 Å². The quantitative estimate of drug-likeness (QED) is 0.509. The summed E-state index contributed by atoms with van der Waals surface area (Å²) in [5.74, 6) is -0.347. The van der Waals surface area contributed by atoms with Gasteiger partial charge in [0.2, 0.25) is 5.91 Å². The molecule has 158 valence electrons. The van der Waals surface area contributed by atoms with Gasteiger partial charge < -0.3 is 19.7 Å². The summed E-state index contributed by atoms with van der Waals surface area (Å²) < 4.78 is 10.4. The van der Waals surface area contributed by atoms with E-state index in [2.05, 4.69) is 29.2 Å². The van der Waals surface area contributed by atoms with Crippen molar-refractivity contribution in [2.75, 3.05) is 26.8 Å². The van der Waals surface area contributed by atoms with Crippen LogP contribution in [-0.2, 0) is 14.3 Å². The number of carbonyl (C=O) groups excluding carboxylic acids is 3. The van der Waals surface area contributed by atoms with Crippen LogP contribution in [0.3, 0.4) is 0 Å². The van der Waals surface area contributed by atoms with E-state index >= 15 is 0 Å². The molecule has 0 aromatic heterocycles. The summed E-state index contributed by atoms with van der Waals surface area (Å²) in [5.41, 5.74) is 0.351. The summed E-state index contributed by atoms with van der Waals surface area (Å²) in [6.07, 6.45) is 0.708. The summed E-state index contributed by atoms with van der Waals surface area (Å²) >= 11 is 5.36. The summed E-state index contributed by atoms with van der Waals surface area (Å²) in [6, 6.07) is 6.08. The zero-order chi connectivity index (χ0) is 21.4. The maximum Gasteiger partial charge on any atom is 0.308 e. The van der Waals surface area contributed by atoms with Crippen molar-refractivity contribution in [3.05, 3.63) is 29.8 Å². The number of benzene rings is 1. The normalized spacial score (nSPS) is 16.2. The molecule has 0 spiro atoms. The van der Waals surface area contributed by atoms with Gasteiger partial charge in [-0.2, -0.15) is 0 Å². The van der Waals surface area contributed by atoms with Crippen LogP contribution < -0.4 is 15.4 Å². The SMILES string of the molecule is COC(=O)C[C@@H]1C(=O)NCCN1C(=S)NC(=O)c1ccccc1OCCC(C)C. The Morgan fingerprint density at radius 2 is 2.07 bits per heavy atom. The molecular weight excluding hydrogens is 394 g/mol. The molecule has 1 fully saturated rings. The van der Waals surface area contributed by atoms with Crippen molar-refractivity contribution in [2.45, 2.75) is 32.7 Å². The second-order valence-electron chi connectivity index (χ2n) is 7.07. The van der Waals surface area contributed by atoms with E-state index in [1.807, 2.05) is 0 Å². The number of thiocarbonyl (C=S) groups is 1. The second-order valence-corrected chi connectivity index (χ2v) is 7.45. The van der Waals surface area contributed by atoms with Gasteiger partial charge in [-0.3, -0.25) is 19.7 Å². The lowest BCUT2D eigenvalue weighted by Gasteiger charge is -2.36. The van der Waals surface area contributed by atoms with Gasteiger partial charge in [-0.1, -0.05) is 26.0 Å². The predicted molar refractivity (Wildman–Crippen MR) is 112 cm³/mol. The van der Waals surface area contributed by atoms with Crippen LogP contribution in [0.2, 0.25) is 0 Å². The van der Waals surface area contributed by atoms with E-state index in [0.29, 0.717) is 36.9 Å². The van der Waals surface area contributed by atoms with E-state index in [9.17, 15) is 14.4 Å². The van der Waals surface area contributed by atoms with Crippen molar-refractivity contribution in [2.24, 2.45) is 5.92 Å². The van der Waals surface area contributed by atoms with E-state index < -0.39 is 17.9 Å². The maximum absolute atomic E-state index is 12.8. The van der Waals surface area contributed by atoms with Gasteiger partial charge in [0.15, 0.2) is 5.11 Å². The van der Waals surface area contributed by atoms with Gasteiger partial charge in [-0.25, -0.2) is 0 Å². The molecule has 29 heavy (non-hydrogen) atoms. The summed E-state index contributed by atoms with van der Waals surface area (Å²) in [4.78, 5) is 38.2. The fourth-order valence-electron chi connectivity index (χ4n) is 2.82. The number of carbonyl (C=O) groups is 3. The van der Waals surface area contributed by atoms with Crippen LogP contribution in [0.15, 0.2) is 24.3 Å². The minimum Gasteiger partial charge on any atom is -0.493 e. The Balaban J connectivity index is 2.08. The number of ether oxygens (including phenoxy) is 2. The molecular formula is C20H27N3O5S. The minimum absolute atomic E-state index is 0.0794. The molecule has 0 radical (unpaired) electrons. The Bertz CT molecular complexity index is 768. The average molecular weight is 422 g/mol. The fraction of sp³-hybridized carbons (Fsp3) is 0.500. The highest BCUT2D eigenvalue weighted by Gasteiger charge is 2.34. The van der Waals surface area contributed by atoms with Crippen molar-refractivity contribution in [1.29, 1.82) is 0 Å². The molecule has 1 aromatic rings. The fourth-order valence-corrected chi connectivity index (χ4v) is 3.13. The number of para-hydroxylation sites is 1. The van der Waals surface area contributed by atoms with Gasteiger partial charge >= 0.3 is 5.97 Å². The van der Waals surface area contributed by atoms with E-state index in [4.69, 9.17) is 17.0 Å². The number of rotatable bonds is 7. The van der Waals surface area contributed by atoms with Crippen LogP contribution in [0.25, 0.3) is 0 Å². The molecule has 1 saturated heterocycles. The van der Waals surface area contributed by atoms with E-state index in [1.165, 1.54) is 12.0 Å². The highest BCUT2D eigenvalue weighted by Crippen LogP contribution is 2.19. The number of hydrogen-bond acceptors (Lipinski definition) is 6. The standard InChI is InChI=1S/C20H27N3O5S/c1-13(2)8-11-28-16-7-5-4-6-14(16)18(25)22-20(29)23-10-9-21-19(26)15(23)12-17(24)27-3/h4-7,13,15H,8-12H2,1-3H3,(H,21,26)(H,22,25,29)/t15-/m1/s1. The number of esters is 1. The maximum atomic E-state index is 12.8. The number of piperazine rings is 1. The Morgan fingerprint density at radius 1 is 1.34 bits per heavy atom. The smallest absolute Gasteiger partial charge is 0.308 e. The van der Waals surface area contributed by atoms with Gasteiger partial charge in [0.05, 0.1) is 25.7 Å². The average Bonchev–Trinajstić information content (AvgIpc) is 2.69. The third kappa shape index (κ3) is 6.42. The summed E-state index contributed by atoms with van der Waals surface area (Å²) in [5, 5.41) is 5.43. The highest BCUT2D eigenvalue weighted by atomic mass is 32.1. The van der Waals surface area contributed by atoms with E-state index in [0.717, 1.165) is 6.42 Å². The highest BCUT2D eigenvalue weighted by molar-refractivity contribution is 7.80. The number of hydrogen-bond donors (Lipinski definition) is 2. The summed E-state index contributed by atoms with van der Waals surface area (Å²) in [6.45, 7) is 5.43. The zero-order valence-electron chi connectivity index (χ0n) is 16.9. The molecule has 1 aliphatic heterocycles. The zero-order valence-corrected chi connectivity index (χ0v) is 17.7. The predicted octanol–water partition coefficient (Wildman–Crippen LogP) is 1.49. The first-order valence-electron chi connectivity index (χ1n) is 9.51. The van der Waals surface area contributed by atoms with Gasteiger partial charge in [-0.05, 0) is 36.7 Å². The molecule has 8 nitrogen and oxygen atoms in total. The van der Waals surface area contributed by atoms with Crippen molar-refractivity contribution in [3.8, 4) is 5.75 Å². The Labute approximate surface area is 175 Å². The monoisotopic (exact) mass is 421 g/mol. The van der Waals surface area contributed by atoms with Crippen LogP contribution in [0.1, 0.15) is 37.0 Å². The third-order valence-electron chi connectivity index (χ3n) is 4.48. The van der Waals surface area contributed by atoms with Crippen molar-refractivity contribution in [1.82, 2.24) is 15.5 Å². The van der Waals surface area contributed by atoms with Crippen molar-refractivity contribution in [3.63, 3.8) is 0 Å². The van der Waals surface area contributed by atoms with Crippen LogP contribution in [0.5, 0.6) is 5.75 Å². The van der Waals surface area contributed by atoms with Crippen molar-refractivity contribution >= 4 is 35.1 Å². The molecule has 2 amide bonds. The molecule has 0 saturated carbocycles. The Morgan fingerprint density at radius 3 is 2.76 bits per heavy atom. The molecule has 0 unspecified atom stereocenters. The van der Waals surface area contributed by atoms with Crippen molar-refractivity contribution < 1.29 is 23.9 Å². The van der Waals surface area contributed by atoms with E-state index in [1.54, 1.807) is 24.3 Å². The number of nitrogens with zero attached hydrogens (tertiary/aromatic N) is 1. The van der Waals surface area contributed by atoms with Crippen LogP contribution in [0.4, 0.5) is 0 Å². The molecule has 2 rings (SSSR count). The molecule has 1 heterocycles. The molecule has 1 atom stereocenters. The first kappa shape index (κ1) is 22.6. The molecule has 2 N–H and O–H groups in total. The number of amides is 2. The first-order valence-corrected chi connectivity index (χ1v) is 9.92. The lowest BCUT2D eigenvalue weighted by molar-refractivity contribution is -0.144. The molecule has 1 aliphatic rings. The van der Waals surface area contributed by atoms with Gasteiger partial charge in [0, 0.05) is 13.1 Å². The Hall–Kier alpha value is -2.68. The minimum atomic E-state index is -0.832. The van der Waals surface area contributed by atoms with Gasteiger partial charge in [0.1, 0.15) is 11.8 Å². The topological polar surface area (TPSA) is 97.0 Å². The summed E-state index contributed by atoms with van der Waals surface area (Å²) in [7, 11) is 1.25. The van der Waals surface area contributed by atoms with Crippen LogP contribution >= 0.6 is 12.2 Å². The first-order chi connectivity index (χ1) is 13.8. The lowest BCUT2D eigenvalue weighted by atomic mass is 10.1. The second kappa shape index (κ2) is 10.8. The Kier molecular flexibility index (Phi) is 8.38. The molecule has 0 bridgehead atoms. The molecule has 0 aliphatic carbocycles. The number of nitrogens with one attached hydrogen (secondary N) is 2. The van der Waals surface area contributed by atoms with E-state index in [-0.39, 0.29) is 17.4 Å². The van der Waals surface area contributed by atoms with Crippen LogP contribution in [0, 0.1) is 5.92 Å². The lowest BCUT2D eigenvalue weighted by Crippen LogP contribution is -2.60. The third-order valence-corrected chi connectivity index (χ3v) is 4.82. The molecule has 9 heteroatoms. The number of methoxy groups -OCH3 is 1. The van der Waals surface area contributed by atoms with Gasteiger partial charge in [0.25, 0.3) is 5.91 Å². The largest absolute Gasteiger partial charge is 0.493 e. The van der Waals surface area contributed by atoms with Gasteiger partial charge in [-0.15, -0.1) is 0 Å².